The van der Waals surface area contributed by atoms with Crippen LogP contribution in [0.2, 0.25) is 0 Å². The maximum Gasteiger partial charge on any atom is 0.387 e. The Hall–Kier alpha value is -3.94. The molecule has 0 unspecified atom stereocenters. The Labute approximate surface area is 177 Å². The normalized spacial score (nSPS) is 10.4. The minimum atomic E-state index is -3.04. The van der Waals surface area contributed by atoms with Crippen molar-refractivity contribution in [2.24, 2.45) is 0 Å². The van der Waals surface area contributed by atoms with Crippen LogP contribution in [-0.2, 0) is 16.1 Å². The molecule has 1 amide bonds. The van der Waals surface area contributed by atoms with Gasteiger partial charge in [0.1, 0.15) is 18.1 Å². The molecule has 3 aromatic carbocycles. The molecule has 3 aromatic rings. The van der Waals surface area contributed by atoms with Gasteiger partial charge in [0, 0.05) is 5.56 Å². The molecule has 0 atom stereocenters. The van der Waals surface area contributed by atoms with Crippen molar-refractivity contribution in [1.82, 2.24) is 0 Å². The Morgan fingerprint density at radius 2 is 1.55 bits per heavy atom. The summed E-state index contributed by atoms with van der Waals surface area (Å²) in [7, 11) is 0. The van der Waals surface area contributed by atoms with Gasteiger partial charge in [-0.15, -0.1) is 0 Å². The number of hydrogen-bond acceptors (Lipinski definition) is 5. The first-order valence-electron chi connectivity index (χ1n) is 9.29. The van der Waals surface area contributed by atoms with Crippen LogP contribution < -0.4 is 14.8 Å². The first-order valence-corrected chi connectivity index (χ1v) is 9.29. The number of para-hydroxylation sites is 3. The third-order valence-electron chi connectivity index (χ3n) is 4.09. The fraction of sp³-hybridized carbons (Fsp3) is 0.130. The Balaban J connectivity index is 1.58. The molecule has 8 heteroatoms. The summed E-state index contributed by atoms with van der Waals surface area (Å²) in [6, 6.07) is 21.5. The van der Waals surface area contributed by atoms with Gasteiger partial charge in [-0.3, -0.25) is 4.79 Å². The largest absolute Gasteiger partial charge is 0.489 e. The molecule has 31 heavy (non-hydrogen) atoms. The van der Waals surface area contributed by atoms with E-state index in [0.29, 0.717) is 11.3 Å². The Morgan fingerprint density at radius 1 is 0.871 bits per heavy atom. The molecule has 3 rings (SSSR count). The maximum atomic E-state index is 12.5. The van der Waals surface area contributed by atoms with Gasteiger partial charge in [0.2, 0.25) is 0 Å². The molecular weight excluding hydrogens is 408 g/mol. The average Bonchev–Trinajstić information content (AvgIpc) is 2.78. The number of benzene rings is 3. The number of hydrogen-bond donors (Lipinski definition) is 1. The van der Waals surface area contributed by atoms with Crippen molar-refractivity contribution in [1.29, 1.82) is 0 Å². The minimum absolute atomic E-state index is 0.0421. The van der Waals surface area contributed by atoms with E-state index in [4.69, 9.17) is 9.47 Å². The molecular formula is C23H19F2NO5. The fourth-order valence-electron chi connectivity index (χ4n) is 2.69. The lowest BCUT2D eigenvalue weighted by Crippen LogP contribution is -2.22. The summed E-state index contributed by atoms with van der Waals surface area (Å²) in [4.78, 5) is 24.6. The van der Waals surface area contributed by atoms with Crippen LogP contribution in [0.3, 0.4) is 0 Å². The van der Waals surface area contributed by atoms with Crippen molar-refractivity contribution in [3.8, 4) is 11.5 Å². The molecule has 0 radical (unpaired) electrons. The molecule has 160 valence electrons. The highest BCUT2D eigenvalue weighted by Crippen LogP contribution is 2.25. The van der Waals surface area contributed by atoms with E-state index >= 15 is 0 Å². The average molecular weight is 427 g/mol. The molecule has 0 fully saturated rings. The van der Waals surface area contributed by atoms with Gasteiger partial charge in [-0.05, 0) is 30.3 Å². The molecule has 0 aromatic heterocycles. The van der Waals surface area contributed by atoms with Gasteiger partial charge >= 0.3 is 12.6 Å². The maximum absolute atomic E-state index is 12.5. The lowest BCUT2D eigenvalue weighted by Gasteiger charge is -2.13. The summed E-state index contributed by atoms with van der Waals surface area (Å²) in [5.41, 5.74) is 0.889. The fourth-order valence-corrected chi connectivity index (χ4v) is 2.69. The topological polar surface area (TPSA) is 73.9 Å². The Kier molecular flexibility index (Phi) is 7.53. The Morgan fingerprint density at radius 3 is 2.32 bits per heavy atom. The van der Waals surface area contributed by atoms with Gasteiger partial charge in [0.05, 0.1) is 11.3 Å². The quantitative estimate of drug-likeness (QED) is 0.503. The first kappa shape index (κ1) is 21.8. The van der Waals surface area contributed by atoms with Crippen molar-refractivity contribution in [3.63, 3.8) is 0 Å². The summed E-state index contributed by atoms with van der Waals surface area (Å²) in [6.07, 6.45) is 0. The zero-order valence-corrected chi connectivity index (χ0v) is 16.3. The van der Waals surface area contributed by atoms with E-state index in [0.717, 1.165) is 0 Å². The second-order valence-corrected chi connectivity index (χ2v) is 6.26. The van der Waals surface area contributed by atoms with Crippen molar-refractivity contribution in [2.45, 2.75) is 13.2 Å². The van der Waals surface area contributed by atoms with Gasteiger partial charge in [-0.2, -0.15) is 8.78 Å². The van der Waals surface area contributed by atoms with Crippen LogP contribution in [-0.4, -0.2) is 25.1 Å². The number of rotatable bonds is 9. The highest BCUT2D eigenvalue weighted by atomic mass is 19.3. The SMILES string of the molecule is O=C(COC(=O)c1ccccc1COc1ccccc1)Nc1ccccc1OC(F)F. The van der Waals surface area contributed by atoms with E-state index < -0.39 is 25.1 Å². The molecule has 0 saturated carbocycles. The summed E-state index contributed by atoms with van der Waals surface area (Å²) < 4.78 is 40.0. The molecule has 6 nitrogen and oxygen atoms in total. The summed E-state index contributed by atoms with van der Waals surface area (Å²) in [5.74, 6) is -0.952. The van der Waals surface area contributed by atoms with Crippen LogP contribution in [0.5, 0.6) is 11.5 Å². The van der Waals surface area contributed by atoms with Gasteiger partial charge in [0.25, 0.3) is 5.91 Å². The number of carbonyl (C=O) groups is 2. The van der Waals surface area contributed by atoms with E-state index in [9.17, 15) is 18.4 Å². The zero-order valence-electron chi connectivity index (χ0n) is 16.3. The molecule has 0 aliphatic carbocycles. The third-order valence-corrected chi connectivity index (χ3v) is 4.09. The lowest BCUT2D eigenvalue weighted by atomic mass is 10.1. The monoisotopic (exact) mass is 427 g/mol. The highest BCUT2D eigenvalue weighted by molar-refractivity contribution is 5.96. The van der Waals surface area contributed by atoms with Crippen LogP contribution in [0.15, 0.2) is 78.9 Å². The van der Waals surface area contributed by atoms with Crippen LogP contribution in [0.4, 0.5) is 14.5 Å². The zero-order chi connectivity index (χ0) is 22.1. The van der Waals surface area contributed by atoms with E-state index in [1.165, 1.54) is 18.2 Å². The molecule has 0 spiro atoms. The second kappa shape index (κ2) is 10.7. The predicted molar refractivity (Wildman–Crippen MR) is 109 cm³/mol. The minimum Gasteiger partial charge on any atom is -0.489 e. The van der Waals surface area contributed by atoms with E-state index in [-0.39, 0.29) is 23.6 Å². The predicted octanol–water partition coefficient (Wildman–Crippen LogP) is 4.66. The first-order chi connectivity index (χ1) is 15.0. The number of nitrogens with one attached hydrogen (secondary N) is 1. The summed E-state index contributed by atoms with van der Waals surface area (Å²) >= 11 is 0. The van der Waals surface area contributed by atoms with Gasteiger partial charge in [-0.1, -0.05) is 48.5 Å². The standard InChI is InChI=1S/C23H19F2NO5/c24-23(25)31-20-13-7-6-12-19(20)26-21(27)15-30-22(28)18-11-5-4-8-16(18)14-29-17-9-2-1-3-10-17/h1-13,23H,14-15H2,(H,26,27). The van der Waals surface area contributed by atoms with E-state index in [1.54, 1.807) is 42.5 Å². The van der Waals surface area contributed by atoms with Crippen molar-refractivity contribution in [3.05, 3.63) is 90.0 Å². The van der Waals surface area contributed by atoms with E-state index in [1.807, 2.05) is 18.2 Å². The second-order valence-electron chi connectivity index (χ2n) is 6.26. The molecule has 0 aliphatic heterocycles. The van der Waals surface area contributed by atoms with Crippen molar-refractivity contribution < 1.29 is 32.6 Å². The molecule has 1 N–H and O–H groups in total. The van der Waals surface area contributed by atoms with Crippen LogP contribution in [0, 0.1) is 0 Å². The van der Waals surface area contributed by atoms with Crippen LogP contribution in [0.25, 0.3) is 0 Å². The van der Waals surface area contributed by atoms with E-state index in [2.05, 4.69) is 10.1 Å². The molecule has 0 aliphatic rings. The lowest BCUT2D eigenvalue weighted by molar-refractivity contribution is -0.119. The number of halogens is 2. The van der Waals surface area contributed by atoms with Gasteiger partial charge in [0.15, 0.2) is 6.61 Å². The summed E-state index contributed by atoms with van der Waals surface area (Å²) in [6.45, 7) is -3.50. The third kappa shape index (κ3) is 6.53. The number of anilines is 1. The van der Waals surface area contributed by atoms with Gasteiger partial charge < -0.3 is 19.5 Å². The molecule has 0 heterocycles. The number of ether oxygens (including phenoxy) is 3. The number of carbonyl (C=O) groups excluding carboxylic acids is 2. The number of esters is 1. The highest BCUT2D eigenvalue weighted by Gasteiger charge is 2.16. The summed E-state index contributed by atoms with van der Waals surface area (Å²) in [5, 5.41) is 2.38. The van der Waals surface area contributed by atoms with Crippen molar-refractivity contribution in [2.75, 3.05) is 11.9 Å². The number of amides is 1. The Bertz CT molecular complexity index is 1030. The van der Waals surface area contributed by atoms with Crippen LogP contribution >= 0.6 is 0 Å². The smallest absolute Gasteiger partial charge is 0.387 e. The molecule has 0 bridgehead atoms. The molecule has 0 saturated heterocycles. The van der Waals surface area contributed by atoms with Crippen LogP contribution in [0.1, 0.15) is 15.9 Å². The van der Waals surface area contributed by atoms with Crippen molar-refractivity contribution >= 4 is 17.6 Å². The number of alkyl halides is 2. The van der Waals surface area contributed by atoms with Gasteiger partial charge in [-0.25, -0.2) is 4.79 Å².